The lowest BCUT2D eigenvalue weighted by molar-refractivity contribution is 0.269. The maximum absolute atomic E-state index is 12.5. The summed E-state index contributed by atoms with van der Waals surface area (Å²) < 4.78 is 2.16. The number of anilines is 2. The number of imidazole rings is 1. The molecule has 6 heteroatoms. The third-order valence-electron chi connectivity index (χ3n) is 5.72. The summed E-state index contributed by atoms with van der Waals surface area (Å²) in [5.41, 5.74) is 3.13. The third-order valence-corrected chi connectivity index (χ3v) is 6.49. The molecular weight excluding hydrogens is 404 g/mol. The Labute approximate surface area is 191 Å². The SMILES string of the molecule is C=c1/c(=C\C(C)CC)nc(CCSC(=O)Nc2ccc(N(CC)CC)cc2C)n1CC. The third kappa shape index (κ3) is 6.63. The minimum absolute atomic E-state index is 0.0328. The topological polar surface area (TPSA) is 50.2 Å². The van der Waals surface area contributed by atoms with E-state index >= 15 is 0 Å². The predicted octanol–water partition coefficient (Wildman–Crippen LogP) is 4.80. The first-order valence-corrected chi connectivity index (χ1v) is 12.4. The summed E-state index contributed by atoms with van der Waals surface area (Å²) in [6.45, 7) is 19.8. The van der Waals surface area contributed by atoms with Crippen molar-refractivity contribution in [2.75, 3.05) is 29.1 Å². The first-order valence-electron chi connectivity index (χ1n) is 11.4. The van der Waals surface area contributed by atoms with Crippen LogP contribution in [-0.2, 0) is 13.0 Å². The fourth-order valence-corrected chi connectivity index (χ4v) is 4.25. The average molecular weight is 443 g/mol. The minimum Gasteiger partial charge on any atom is -0.372 e. The van der Waals surface area contributed by atoms with Crippen LogP contribution in [0.4, 0.5) is 16.2 Å². The van der Waals surface area contributed by atoms with Gasteiger partial charge in [0, 0.05) is 43.2 Å². The van der Waals surface area contributed by atoms with Crippen molar-refractivity contribution in [2.45, 2.75) is 60.9 Å². The van der Waals surface area contributed by atoms with Gasteiger partial charge >= 0.3 is 0 Å². The van der Waals surface area contributed by atoms with Gasteiger partial charge in [-0.2, -0.15) is 0 Å². The van der Waals surface area contributed by atoms with Gasteiger partial charge in [0.25, 0.3) is 5.24 Å². The molecule has 1 heterocycles. The second-order valence-electron chi connectivity index (χ2n) is 7.84. The number of benzene rings is 1. The summed E-state index contributed by atoms with van der Waals surface area (Å²) in [4.78, 5) is 19.6. The molecule has 1 aromatic carbocycles. The van der Waals surface area contributed by atoms with Gasteiger partial charge in [-0.15, -0.1) is 0 Å². The number of carbonyl (C=O) groups is 1. The predicted molar refractivity (Wildman–Crippen MR) is 137 cm³/mol. The highest BCUT2D eigenvalue weighted by atomic mass is 32.2. The van der Waals surface area contributed by atoms with Crippen molar-refractivity contribution in [3.05, 3.63) is 40.3 Å². The Hall–Kier alpha value is -2.21. The molecule has 170 valence electrons. The van der Waals surface area contributed by atoms with E-state index in [2.05, 4.69) is 74.2 Å². The van der Waals surface area contributed by atoms with E-state index in [9.17, 15) is 4.79 Å². The molecule has 1 N–H and O–H groups in total. The molecule has 2 rings (SSSR count). The fraction of sp³-hybridized carbons (Fsp3) is 0.520. The van der Waals surface area contributed by atoms with Crippen molar-refractivity contribution >= 4 is 41.0 Å². The number of aryl methyl sites for hydroxylation is 2. The van der Waals surface area contributed by atoms with Gasteiger partial charge < -0.3 is 14.8 Å². The average Bonchev–Trinajstić information content (AvgIpc) is 3.04. The lowest BCUT2D eigenvalue weighted by atomic mass is 10.1. The van der Waals surface area contributed by atoms with Gasteiger partial charge in [-0.25, -0.2) is 4.98 Å². The molecule has 1 amide bonds. The second kappa shape index (κ2) is 12.0. The van der Waals surface area contributed by atoms with Crippen LogP contribution in [0.25, 0.3) is 12.7 Å². The monoisotopic (exact) mass is 442 g/mol. The number of nitrogens with one attached hydrogen (secondary N) is 1. The van der Waals surface area contributed by atoms with E-state index in [0.29, 0.717) is 11.7 Å². The Morgan fingerprint density at radius 1 is 1.29 bits per heavy atom. The molecular formula is C25H38N4OS. The van der Waals surface area contributed by atoms with E-state index in [-0.39, 0.29) is 5.24 Å². The Morgan fingerprint density at radius 2 is 2.00 bits per heavy atom. The van der Waals surface area contributed by atoms with Crippen LogP contribution in [-0.4, -0.2) is 33.6 Å². The molecule has 0 aliphatic heterocycles. The van der Waals surface area contributed by atoms with Gasteiger partial charge in [0.2, 0.25) is 0 Å². The first-order chi connectivity index (χ1) is 14.8. The molecule has 0 aliphatic carbocycles. The summed E-state index contributed by atoms with van der Waals surface area (Å²) >= 11 is 1.30. The van der Waals surface area contributed by atoms with Crippen LogP contribution in [0.1, 0.15) is 52.4 Å². The highest BCUT2D eigenvalue weighted by Crippen LogP contribution is 2.23. The first kappa shape index (κ1) is 25.1. The molecule has 1 aromatic heterocycles. The van der Waals surface area contributed by atoms with Crippen LogP contribution >= 0.6 is 11.8 Å². The Morgan fingerprint density at radius 3 is 2.58 bits per heavy atom. The highest BCUT2D eigenvalue weighted by molar-refractivity contribution is 8.13. The van der Waals surface area contributed by atoms with Gasteiger partial charge in [-0.1, -0.05) is 44.7 Å². The zero-order valence-corrected chi connectivity index (χ0v) is 20.8. The zero-order valence-electron chi connectivity index (χ0n) is 20.0. The van der Waals surface area contributed by atoms with Crippen LogP contribution in [0.2, 0.25) is 0 Å². The number of rotatable bonds is 10. The van der Waals surface area contributed by atoms with Crippen molar-refractivity contribution in [2.24, 2.45) is 5.92 Å². The number of aromatic nitrogens is 2. The summed E-state index contributed by atoms with van der Waals surface area (Å²) in [5, 5.41) is 4.95. The molecule has 0 saturated carbocycles. The summed E-state index contributed by atoms with van der Waals surface area (Å²) in [5.74, 6) is 2.16. The van der Waals surface area contributed by atoms with E-state index in [1.54, 1.807) is 0 Å². The number of hydrogen-bond acceptors (Lipinski definition) is 4. The van der Waals surface area contributed by atoms with E-state index in [4.69, 9.17) is 4.98 Å². The maximum atomic E-state index is 12.5. The maximum Gasteiger partial charge on any atom is 0.283 e. The van der Waals surface area contributed by atoms with Crippen molar-refractivity contribution in [3.63, 3.8) is 0 Å². The molecule has 1 atom stereocenters. The minimum atomic E-state index is -0.0328. The second-order valence-corrected chi connectivity index (χ2v) is 8.91. The van der Waals surface area contributed by atoms with Gasteiger partial charge in [-0.05, 0) is 57.4 Å². The number of hydrogen-bond donors (Lipinski definition) is 1. The van der Waals surface area contributed by atoms with Gasteiger partial charge in [0.15, 0.2) is 0 Å². The van der Waals surface area contributed by atoms with Crippen LogP contribution in [0.3, 0.4) is 0 Å². The number of nitrogens with zero attached hydrogens (tertiary/aromatic N) is 3. The quantitative estimate of drug-likeness (QED) is 0.574. The highest BCUT2D eigenvalue weighted by Gasteiger charge is 2.11. The summed E-state index contributed by atoms with van der Waals surface area (Å²) in [7, 11) is 0. The van der Waals surface area contributed by atoms with Crippen molar-refractivity contribution in [3.8, 4) is 0 Å². The molecule has 2 aromatic rings. The molecule has 31 heavy (non-hydrogen) atoms. The zero-order chi connectivity index (χ0) is 23.0. The van der Waals surface area contributed by atoms with E-state index in [1.807, 2.05) is 13.0 Å². The summed E-state index contributed by atoms with van der Waals surface area (Å²) in [6.07, 6.45) is 4.02. The molecule has 0 bridgehead atoms. The van der Waals surface area contributed by atoms with E-state index in [0.717, 1.165) is 60.2 Å². The Kier molecular flexibility index (Phi) is 9.69. The number of amides is 1. The summed E-state index contributed by atoms with van der Waals surface area (Å²) in [6, 6.07) is 6.21. The van der Waals surface area contributed by atoms with Crippen LogP contribution in [0.15, 0.2) is 18.2 Å². The molecule has 0 fully saturated rings. The van der Waals surface area contributed by atoms with Crippen molar-refractivity contribution < 1.29 is 4.79 Å². The Bertz CT molecular complexity index is 978. The van der Waals surface area contributed by atoms with Gasteiger partial charge in [0.1, 0.15) is 5.82 Å². The van der Waals surface area contributed by atoms with Crippen molar-refractivity contribution in [1.29, 1.82) is 0 Å². The van der Waals surface area contributed by atoms with E-state index in [1.165, 1.54) is 17.4 Å². The molecule has 0 spiro atoms. The molecule has 0 aliphatic rings. The molecule has 0 radical (unpaired) electrons. The smallest absolute Gasteiger partial charge is 0.283 e. The van der Waals surface area contributed by atoms with Crippen LogP contribution in [0, 0.1) is 12.8 Å². The van der Waals surface area contributed by atoms with Crippen molar-refractivity contribution in [1.82, 2.24) is 9.55 Å². The molecule has 5 nitrogen and oxygen atoms in total. The largest absolute Gasteiger partial charge is 0.372 e. The standard InChI is InChI=1S/C25H38N4OS/c1-8-18(5)16-23-20(7)29(11-4)24(26-23)14-15-31-25(30)27-22-13-12-21(17-19(22)6)28(9-2)10-3/h12-13,16-18H,7-11,14-15H2,1-6H3,(H,27,30)/b23-16+. The van der Waals surface area contributed by atoms with Crippen LogP contribution < -0.4 is 20.9 Å². The fourth-order valence-electron chi connectivity index (χ4n) is 3.60. The normalized spacial score (nSPS) is 12.8. The van der Waals surface area contributed by atoms with Gasteiger partial charge in [-0.3, -0.25) is 4.79 Å². The number of thioether (sulfide) groups is 1. The van der Waals surface area contributed by atoms with Crippen LogP contribution in [0.5, 0.6) is 0 Å². The lowest BCUT2D eigenvalue weighted by Crippen LogP contribution is -2.29. The van der Waals surface area contributed by atoms with Gasteiger partial charge in [0.05, 0.1) is 10.7 Å². The van der Waals surface area contributed by atoms with E-state index < -0.39 is 0 Å². The molecule has 0 saturated heterocycles. The Balaban J connectivity index is 1.99. The molecule has 1 unspecified atom stereocenters. The lowest BCUT2D eigenvalue weighted by Gasteiger charge is -2.22. The number of carbonyl (C=O) groups excluding carboxylic acids is 1.